The van der Waals surface area contributed by atoms with Gasteiger partial charge in [-0.25, -0.2) is 0 Å². The van der Waals surface area contributed by atoms with E-state index in [0.717, 1.165) is 42.0 Å². The van der Waals surface area contributed by atoms with E-state index < -0.39 is 6.04 Å². The maximum atomic E-state index is 13.9. The van der Waals surface area contributed by atoms with Gasteiger partial charge >= 0.3 is 0 Å². The quantitative estimate of drug-likeness (QED) is 0.685. The molecule has 2 N–H and O–H groups in total. The van der Waals surface area contributed by atoms with Crippen molar-refractivity contribution in [1.82, 2.24) is 10.2 Å². The third-order valence-electron chi connectivity index (χ3n) is 6.28. The number of amides is 3. The summed E-state index contributed by atoms with van der Waals surface area (Å²) in [5, 5.41) is 5.82. The highest BCUT2D eigenvalue weighted by molar-refractivity contribution is 5.97. The molecule has 2 aliphatic heterocycles. The van der Waals surface area contributed by atoms with Crippen molar-refractivity contribution in [2.45, 2.75) is 58.3 Å². The standard InChI is InChI=1S/C26H32N4O4/c1-16(2)27-25(32)24-21-14-19(28-17(3)31)9-12-22(21)29-13-5-6-23(29)26(33)30(24)15-18-7-10-20(34-4)11-8-18/h7-12,14,16,23-24H,5-6,13,15H2,1-4H3,(H,27,32)(H,28,31)/t23?,24-/m0/s1. The lowest BCUT2D eigenvalue weighted by atomic mass is 9.99. The number of ether oxygens (including phenoxy) is 1. The molecule has 0 aromatic heterocycles. The lowest BCUT2D eigenvalue weighted by molar-refractivity contribution is -0.142. The molecule has 2 heterocycles. The predicted octanol–water partition coefficient (Wildman–Crippen LogP) is 3.23. The zero-order valence-electron chi connectivity index (χ0n) is 20.1. The van der Waals surface area contributed by atoms with Gasteiger partial charge in [-0.3, -0.25) is 14.4 Å². The fourth-order valence-corrected chi connectivity index (χ4v) is 4.86. The van der Waals surface area contributed by atoms with E-state index >= 15 is 0 Å². The Morgan fingerprint density at radius 2 is 1.88 bits per heavy atom. The van der Waals surface area contributed by atoms with Crippen molar-refractivity contribution in [1.29, 1.82) is 0 Å². The zero-order valence-corrected chi connectivity index (χ0v) is 20.1. The smallest absolute Gasteiger partial charge is 0.247 e. The minimum atomic E-state index is -0.827. The summed E-state index contributed by atoms with van der Waals surface area (Å²) >= 11 is 0. The summed E-state index contributed by atoms with van der Waals surface area (Å²) in [5.41, 5.74) is 3.09. The first-order chi connectivity index (χ1) is 16.3. The number of anilines is 2. The van der Waals surface area contributed by atoms with Crippen LogP contribution in [-0.2, 0) is 20.9 Å². The highest BCUT2D eigenvalue weighted by atomic mass is 16.5. The Morgan fingerprint density at radius 1 is 1.15 bits per heavy atom. The molecule has 4 rings (SSSR count). The van der Waals surface area contributed by atoms with Gasteiger partial charge in [-0.05, 0) is 62.6 Å². The molecular weight excluding hydrogens is 432 g/mol. The molecular formula is C26H32N4O4. The molecule has 0 spiro atoms. The van der Waals surface area contributed by atoms with Gasteiger partial charge < -0.3 is 25.2 Å². The first kappa shape index (κ1) is 23.6. The van der Waals surface area contributed by atoms with Crippen LogP contribution in [0, 0.1) is 0 Å². The lowest BCUT2D eigenvalue weighted by Crippen LogP contribution is -2.48. The van der Waals surface area contributed by atoms with Crippen molar-refractivity contribution < 1.29 is 19.1 Å². The summed E-state index contributed by atoms with van der Waals surface area (Å²) < 4.78 is 5.27. The summed E-state index contributed by atoms with van der Waals surface area (Å²) in [6.07, 6.45) is 1.64. The SMILES string of the molecule is COc1ccc(CN2C(=O)C3CCCN3c3ccc(NC(C)=O)cc3[C@H]2C(=O)NC(C)C)cc1. The fourth-order valence-electron chi connectivity index (χ4n) is 4.86. The number of hydrogen-bond donors (Lipinski definition) is 2. The third kappa shape index (κ3) is 4.71. The number of hydrogen-bond acceptors (Lipinski definition) is 5. The van der Waals surface area contributed by atoms with Crippen molar-refractivity contribution in [3.05, 3.63) is 53.6 Å². The number of rotatable bonds is 6. The normalized spacial score (nSPS) is 19.4. The van der Waals surface area contributed by atoms with Crippen LogP contribution in [0.1, 0.15) is 50.8 Å². The molecule has 180 valence electrons. The molecule has 2 aromatic carbocycles. The lowest BCUT2D eigenvalue weighted by Gasteiger charge is -2.32. The highest BCUT2D eigenvalue weighted by Crippen LogP contribution is 2.41. The topological polar surface area (TPSA) is 91.0 Å². The zero-order chi connectivity index (χ0) is 24.4. The van der Waals surface area contributed by atoms with E-state index in [1.165, 1.54) is 6.92 Å². The van der Waals surface area contributed by atoms with Gasteiger partial charge in [0.15, 0.2) is 0 Å². The molecule has 3 amide bonds. The third-order valence-corrected chi connectivity index (χ3v) is 6.28. The number of nitrogens with one attached hydrogen (secondary N) is 2. The van der Waals surface area contributed by atoms with Crippen LogP contribution in [0.5, 0.6) is 5.75 Å². The fraction of sp³-hybridized carbons (Fsp3) is 0.423. The van der Waals surface area contributed by atoms with Crippen LogP contribution in [0.15, 0.2) is 42.5 Å². The number of fused-ring (bicyclic) bond motifs is 3. The first-order valence-corrected chi connectivity index (χ1v) is 11.7. The second-order valence-electron chi connectivity index (χ2n) is 9.19. The molecule has 1 saturated heterocycles. The molecule has 2 atom stereocenters. The van der Waals surface area contributed by atoms with Gasteiger partial charge in [-0.15, -0.1) is 0 Å². The van der Waals surface area contributed by atoms with Crippen LogP contribution in [0.2, 0.25) is 0 Å². The van der Waals surface area contributed by atoms with E-state index in [1.54, 1.807) is 12.0 Å². The minimum absolute atomic E-state index is 0.0606. The minimum Gasteiger partial charge on any atom is -0.497 e. The van der Waals surface area contributed by atoms with E-state index in [9.17, 15) is 14.4 Å². The second kappa shape index (κ2) is 9.75. The molecule has 1 unspecified atom stereocenters. The summed E-state index contributed by atoms with van der Waals surface area (Å²) in [6, 6.07) is 11.9. The Kier molecular flexibility index (Phi) is 6.77. The average Bonchev–Trinajstić information content (AvgIpc) is 3.24. The molecule has 0 radical (unpaired) electrons. The van der Waals surface area contributed by atoms with Crippen LogP contribution in [-0.4, -0.2) is 48.4 Å². The van der Waals surface area contributed by atoms with Crippen molar-refractivity contribution in [3.8, 4) is 5.75 Å². The Labute approximate surface area is 200 Å². The van der Waals surface area contributed by atoms with Gasteiger partial charge in [0, 0.05) is 43.0 Å². The number of benzene rings is 2. The van der Waals surface area contributed by atoms with Crippen molar-refractivity contribution >= 4 is 29.1 Å². The molecule has 0 bridgehead atoms. The molecule has 8 nitrogen and oxygen atoms in total. The Balaban J connectivity index is 1.84. The van der Waals surface area contributed by atoms with Crippen molar-refractivity contribution in [2.75, 3.05) is 23.9 Å². The Hall–Kier alpha value is -3.55. The van der Waals surface area contributed by atoms with Crippen molar-refractivity contribution in [3.63, 3.8) is 0 Å². The number of carbonyl (C=O) groups is 3. The first-order valence-electron chi connectivity index (χ1n) is 11.7. The van der Waals surface area contributed by atoms with Crippen LogP contribution < -0.4 is 20.3 Å². The van der Waals surface area contributed by atoms with Gasteiger partial charge in [0.05, 0.1) is 7.11 Å². The van der Waals surface area contributed by atoms with Crippen LogP contribution in [0.25, 0.3) is 0 Å². The molecule has 2 aromatic rings. The molecule has 0 saturated carbocycles. The summed E-state index contributed by atoms with van der Waals surface area (Å²) in [5.74, 6) is 0.239. The molecule has 8 heteroatoms. The Bertz CT molecular complexity index is 1080. The Morgan fingerprint density at radius 3 is 2.53 bits per heavy atom. The van der Waals surface area contributed by atoms with Crippen LogP contribution in [0.4, 0.5) is 11.4 Å². The van der Waals surface area contributed by atoms with E-state index in [4.69, 9.17) is 4.74 Å². The maximum absolute atomic E-state index is 13.9. The number of methoxy groups -OCH3 is 1. The van der Waals surface area contributed by atoms with Crippen LogP contribution in [0.3, 0.4) is 0 Å². The van der Waals surface area contributed by atoms with Gasteiger partial charge in [0.1, 0.15) is 17.8 Å². The highest BCUT2D eigenvalue weighted by Gasteiger charge is 2.44. The number of carbonyl (C=O) groups excluding carboxylic acids is 3. The predicted molar refractivity (Wildman–Crippen MR) is 131 cm³/mol. The average molecular weight is 465 g/mol. The van der Waals surface area contributed by atoms with E-state index in [-0.39, 0.29) is 36.3 Å². The summed E-state index contributed by atoms with van der Waals surface area (Å²) in [7, 11) is 1.61. The monoisotopic (exact) mass is 464 g/mol. The second-order valence-corrected chi connectivity index (χ2v) is 9.19. The molecule has 34 heavy (non-hydrogen) atoms. The van der Waals surface area contributed by atoms with Gasteiger partial charge in [0.25, 0.3) is 0 Å². The largest absolute Gasteiger partial charge is 0.497 e. The maximum Gasteiger partial charge on any atom is 0.247 e. The summed E-state index contributed by atoms with van der Waals surface area (Å²) in [4.78, 5) is 43.0. The van der Waals surface area contributed by atoms with E-state index in [0.29, 0.717) is 5.69 Å². The number of nitrogens with zero attached hydrogens (tertiary/aromatic N) is 2. The van der Waals surface area contributed by atoms with Gasteiger partial charge in [-0.1, -0.05) is 12.1 Å². The van der Waals surface area contributed by atoms with Crippen molar-refractivity contribution in [2.24, 2.45) is 0 Å². The van der Waals surface area contributed by atoms with Gasteiger partial charge in [0.2, 0.25) is 17.7 Å². The molecule has 1 fully saturated rings. The molecule has 2 aliphatic rings. The van der Waals surface area contributed by atoms with Gasteiger partial charge in [-0.2, -0.15) is 0 Å². The molecule has 0 aliphatic carbocycles. The van der Waals surface area contributed by atoms with E-state index in [2.05, 4.69) is 15.5 Å². The van der Waals surface area contributed by atoms with E-state index in [1.807, 2.05) is 56.3 Å². The summed E-state index contributed by atoms with van der Waals surface area (Å²) in [6.45, 7) is 6.28. The van der Waals surface area contributed by atoms with Crippen LogP contribution >= 0.6 is 0 Å².